The van der Waals surface area contributed by atoms with Gasteiger partial charge in [-0.15, -0.1) is 24.0 Å². The molecule has 2 rings (SSSR count). The topological polar surface area (TPSA) is 54.9 Å². The summed E-state index contributed by atoms with van der Waals surface area (Å²) in [6.45, 7) is 4.59. The van der Waals surface area contributed by atoms with Crippen molar-refractivity contribution in [3.63, 3.8) is 0 Å². The lowest BCUT2D eigenvalue weighted by molar-refractivity contribution is 0.138. The number of hydrogen-bond acceptors (Lipinski definition) is 3. The Labute approximate surface area is 175 Å². The van der Waals surface area contributed by atoms with E-state index in [4.69, 9.17) is 9.47 Å². The van der Waals surface area contributed by atoms with Crippen LogP contribution < -0.4 is 15.4 Å². The first kappa shape index (κ1) is 23.0. The van der Waals surface area contributed by atoms with Crippen LogP contribution in [0.3, 0.4) is 0 Å². The molecule has 0 bridgehead atoms. The van der Waals surface area contributed by atoms with Gasteiger partial charge in [0.2, 0.25) is 0 Å². The van der Waals surface area contributed by atoms with Gasteiger partial charge in [0.15, 0.2) is 5.96 Å². The summed E-state index contributed by atoms with van der Waals surface area (Å²) < 4.78 is 10.7. The molecule has 26 heavy (non-hydrogen) atoms. The fourth-order valence-electron chi connectivity index (χ4n) is 3.68. The maximum absolute atomic E-state index is 5.35. The Morgan fingerprint density at radius 1 is 1.15 bits per heavy atom. The third kappa shape index (κ3) is 6.95. The lowest BCUT2D eigenvalue weighted by atomic mass is 9.83. The van der Waals surface area contributed by atoms with E-state index in [-0.39, 0.29) is 24.0 Å². The number of rotatable bonds is 8. The van der Waals surface area contributed by atoms with E-state index >= 15 is 0 Å². The Bertz CT molecular complexity index is 572. The smallest absolute Gasteiger partial charge is 0.191 e. The Kier molecular flexibility index (Phi) is 10.3. The van der Waals surface area contributed by atoms with Crippen LogP contribution in [-0.4, -0.2) is 40.4 Å². The van der Waals surface area contributed by atoms with E-state index < -0.39 is 0 Å². The minimum absolute atomic E-state index is 0. The van der Waals surface area contributed by atoms with Crippen LogP contribution in [0, 0.1) is 12.3 Å². The number of ether oxygens (including phenoxy) is 2. The molecule has 0 spiro atoms. The van der Waals surface area contributed by atoms with E-state index in [1.165, 1.54) is 36.8 Å². The molecule has 0 aliphatic heterocycles. The van der Waals surface area contributed by atoms with Gasteiger partial charge >= 0.3 is 0 Å². The van der Waals surface area contributed by atoms with Crippen molar-refractivity contribution < 1.29 is 9.47 Å². The van der Waals surface area contributed by atoms with Gasteiger partial charge in [-0.3, -0.25) is 4.99 Å². The second kappa shape index (κ2) is 11.6. The van der Waals surface area contributed by atoms with E-state index in [9.17, 15) is 0 Å². The van der Waals surface area contributed by atoms with Gasteiger partial charge in [0, 0.05) is 33.9 Å². The minimum atomic E-state index is 0. The van der Waals surface area contributed by atoms with Gasteiger partial charge in [-0.2, -0.15) is 0 Å². The third-order valence-electron chi connectivity index (χ3n) is 5.16. The van der Waals surface area contributed by atoms with Gasteiger partial charge in [-0.1, -0.05) is 18.9 Å². The fraction of sp³-hybridized carbons (Fsp3) is 0.650. The maximum atomic E-state index is 5.35. The van der Waals surface area contributed by atoms with Crippen LogP contribution >= 0.6 is 24.0 Å². The summed E-state index contributed by atoms with van der Waals surface area (Å²) in [7, 11) is 5.31. The Morgan fingerprint density at radius 3 is 2.50 bits per heavy atom. The predicted octanol–water partition coefficient (Wildman–Crippen LogP) is 3.88. The number of benzene rings is 1. The summed E-state index contributed by atoms with van der Waals surface area (Å²) in [5, 5.41) is 6.94. The molecule has 6 heteroatoms. The number of guanidine groups is 1. The number of aliphatic imine (C=N–C) groups is 1. The van der Waals surface area contributed by atoms with E-state index in [1.54, 1.807) is 14.2 Å². The highest BCUT2D eigenvalue weighted by atomic mass is 127. The molecule has 0 aromatic heterocycles. The van der Waals surface area contributed by atoms with Crippen LogP contribution in [0.25, 0.3) is 0 Å². The van der Waals surface area contributed by atoms with Crippen molar-refractivity contribution in [3.05, 3.63) is 29.3 Å². The first-order chi connectivity index (χ1) is 12.1. The average molecular weight is 475 g/mol. The first-order valence-electron chi connectivity index (χ1n) is 9.19. The fourth-order valence-corrected chi connectivity index (χ4v) is 3.68. The van der Waals surface area contributed by atoms with Crippen LogP contribution in [0.15, 0.2) is 23.2 Å². The SMILES string of the molecule is CN=C(NCc1cc(C)cc(OC)c1)NCC1(CCOC)CCCC1.I. The largest absolute Gasteiger partial charge is 0.497 e. The van der Waals surface area contributed by atoms with Crippen molar-refractivity contribution in [2.45, 2.75) is 45.6 Å². The van der Waals surface area contributed by atoms with Crippen LogP contribution in [0.1, 0.15) is 43.2 Å². The molecule has 0 unspecified atom stereocenters. The molecule has 1 saturated carbocycles. The highest BCUT2D eigenvalue weighted by Crippen LogP contribution is 2.40. The minimum Gasteiger partial charge on any atom is -0.497 e. The second-order valence-corrected chi connectivity index (χ2v) is 7.09. The Morgan fingerprint density at radius 2 is 1.88 bits per heavy atom. The zero-order chi connectivity index (χ0) is 18.1. The molecule has 0 saturated heterocycles. The lowest BCUT2D eigenvalue weighted by Crippen LogP contribution is -2.43. The van der Waals surface area contributed by atoms with Crippen molar-refractivity contribution >= 4 is 29.9 Å². The van der Waals surface area contributed by atoms with E-state index in [0.717, 1.165) is 37.8 Å². The molecular weight excluding hydrogens is 441 g/mol. The van der Waals surface area contributed by atoms with Crippen molar-refractivity contribution in [1.29, 1.82) is 0 Å². The average Bonchev–Trinajstić information content (AvgIpc) is 3.09. The van der Waals surface area contributed by atoms with Gasteiger partial charge in [0.05, 0.1) is 7.11 Å². The molecule has 1 aromatic rings. The normalized spacial score (nSPS) is 16.1. The number of nitrogens with zero attached hydrogens (tertiary/aromatic N) is 1. The molecule has 0 radical (unpaired) electrons. The van der Waals surface area contributed by atoms with E-state index in [1.807, 2.05) is 13.1 Å². The van der Waals surface area contributed by atoms with Crippen molar-refractivity contribution in [1.82, 2.24) is 10.6 Å². The summed E-state index contributed by atoms with van der Waals surface area (Å²) in [4.78, 5) is 4.37. The van der Waals surface area contributed by atoms with E-state index in [2.05, 4.69) is 34.7 Å². The van der Waals surface area contributed by atoms with Crippen LogP contribution in [0.4, 0.5) is 0 Å². The summed E-state index contributed by atoms with van der Waals surface area (Å²) in [5.41, 5.74) is 2.73. The van der Waals surface area contributed by atoms with Gasteiger partial charge in [-0.25, -0.2) is 0 Å². The van der Waals surface area contributed by atoms with Crippen molar-refractivity contribution in [3.8, 4) is 5.75 Å². The third-order valence-corrected chi connectivity index (χ3v) is 5.16. The molecule has 1 aliphatic rings. The number of hydrogen-bond donors (Lipinski definition) is 2. The van der Waals surface area contributed by atoms with E-state index in [0.29, 0.717) is 5.41 Å². The molecule has 0 amide bonds. The molecule has 0 heterocycles. The van der Waals surface area contributed by atoms with Crippen LogP contribution in [-0.2, 0) is 11.3 Å². The molecule has 1 aliphatic carbocycles. The zero-order valence-electron chi connectivity index (χ0n) is 16.6. The first-order valence-corrected chi connectivity index (χ1v) is 9.19. The molecule has 1 aromatic carbocycles. The maximum Gasteiger partial charge on any atom is 0.191 e. The number of halogens is 1. The highest BCUT2D eigenvalue weighted by molar-refractivity contribution is 14.0. The lowest BCUT2D eigenvalue weighted by Gasteiger charge is -2.30. The summed E-state index contributed by atoms with van der Waals surface area (Å²) in [6, 6.07) is 6.26. The van der Waals surface area contributed by atoms with Crippen LogP contribution in [0.5, 0.6) is 5.75 Å². The van der Waals surface area contributed by atoms with Crippen molar-refractivity contribution in [2.75, 3.05) is 34.4 Å². The van der Waals surface area contributed by atoms with Gasteiger partial charge in [0.1, 0.15) is 5.75 Å². The van der Waals surface area contributed by atoms with Crippen LogP contribution in [0.2, 0.25) is 0 Å². The quantitative estimate of drug-likeness (QED) is 0.341. The molecule has 1 fully saturated rings. The van der Waals surface area contributed by atoms with Gasteiger partial charge in [-0.05, 0) is 54.9 Å². The number of aryl methyl sites for hydroxylation is 1. The number of methoxy groups -OCH3 is 2. The summed E-state index contributed by atoms with van der Waals surface area (Å²) in [5.74, 6) is 1.74. The second-order valence-electron chi connectivity index (χ2n) is 7.09. The van der Waals surface area contributed by atoms with Crippen molar-refractivity contribution in [2.24, 2.45) is 10.4 Å². The Hall–Kier alpha value is -1.02. The summed E-state index contributed by atoms with van der Waals surface area (Å²) >= 11 is 0. The number of nitrogens with one attached hydrogen (secondary N) is 2. The standard InChI is InChI=1S/C20H33N3O2.HI/c1-16-11-17(13-18(12-16)25-4)14-22-19(21-2)23-15-20(9-10-24-3)7-5-6-8-20;/h11-13H,5-10,14-15H2,1-4H3,(H2,21,22,23);1H. The monoisotopic (exact) mass is 475 g/mol. The predicted molar refractivity (Wildman–Crippen MR) is 119 cm³/mol. The molecule has 2 N–H and O–H groups in total. The molecule has 148 valence electrons. The highest BCUT2D eigenvalue weighted by Gasteiger charge is 2.33. The molecule has 0 atom stereocenters. The Balaban J connectivity index is 0.00000338. The zero-order valence-corrected chi connectivity index (χ0v) is 18.9. The van der Waals surface area contributed by atoms with Gasteiger partial charge in [0.25, 0.3) is 0 Å². The summed E-state index contributed by atoms with van der Waals surface area (Å²) in [6.07, 6.45) is 6.30. The molecular formula is C20H34IN3O2. The molecule has 5 nitrogen and oxygen atoms in total. The van der Waals surface area contributed by atoms with Gasteiger partial charge < -0.3 is 20.1 Å².